The zero-order valence-corrected chi connectivity index (χ0v) is 13.1. The third-order valence-electron chi connectivity index (χ3n) is 3.01. The molecule has 1 heterocycles. The van der Waals surface area contributed by atoms with E-state index in [1.807, 2.05) is 0 Å². The van der Waals surface area contributed by atoms with Crippen LogP contribution in [0.2, 0.25) is 5.15 Å². The minimum absolute atomic E-state index is 0.127. The zero-order chi connectivity index (χ0) is 14.1. The van der Waals surface area contributed by atoms with E-state index < -0.39 is 11.1 Å². The summed E-state index contributed by atoms with van der Waals surface area (Å²) in [5, 5.41) is 12.9. The quantitative estimate of drug-likeness (QED) is 0.835. The van der Waals surface area contributed by atoms with Gasteiger partial charge in [-0.15, -0.1) is 0 Å². The molecule has 0 atom stereocenters. The first-order valence-corrected chi connectivity index (χ1v) is 6.57. The maximum absolute atomic E-state index is 12.1. The Morgan fingerprint density at radius 3 is 2.50 bits per heavy atom. The molecule has 0 saturated heterocycles. The second kappa shape index (κ2) is 5.15. The number of amides is 1. The number of carbonyl (C=O) groups excluding carboxylic acids is 1. The molecule has 0 aliphatic rings. The molecule has 0 aromatic carbocycles. The Hall–Kier alpha value is -0.650. The van der Waals surface area contributed by atoms with Gasteiger partial charge in [0.05, 0.1) is 16.7 Å². The summed E-state index contributed by atoms with van der Waals surface area (Å²) in [5.41, 5.74) is -1.59. The molecule has 0 saturated carbocycles. The van der Waals surface area contributed by atoms with Crippen molar-refractivity contribution in [2.24, 2.45) is 0 Å². The summed E-state index contributed by atoms with van der Waals surface area (Å²) in [6.07, 6.45) is 1.51. The molecule has 0 aliphatic carbocycles. The van der Waals surface area contributed by atoms with Crippen molar-refractivity contribution >= 4 is 33.4 Å². The van der Waals surface area contributed by atoms with E-state index in [1.165, 1.54) is 6.20 Å². The van der Waals surface area contributed by atoms with Gasteiger partial charge in [-0.05, 0) is 49.7 Å². The van der Waals surface area contributed by atoms with Crippen LogP contribution in [-0.2, 0) is 0 Å². The Kier molecular flexibility index (Phi) is 4.41. The molecule has 0 bridgehead atoms. The largest absolute Gasteiger partial charge is 0.388 e. The van der Waals surface area contributed by atoms with Gasteiger partial charge in [0.2, 0.25) is 0 Å². The Morgan fingerprint density at radius 1 is 1.44 bits per heavy atom. The molecular formula is C12H16BrClN2O2. The van der Waals surface area contributed by atoms with Gasteiger partial charge in [-0.1, -0.05) is 11.6 Å². The van der Waals surface area contributed by atoms with Crippen LogP contribution in [0.15, 0.2) is 16.7 Å². The van der Waals surface area contributed by atoms with Gasteiger partial charge < -0.3 is 10.4 Å². The Labute approximate surface area is 120 Å². The predicted octanol–water partition coefficient (Wildman–Crippen LogP) is 2.78. The highest BCUT2D eigenvalue weighted by Gasteiger charge is 2.36. The van der Waals surface area contributed by atoms with E-state index in [-0.39, 0.29) is 16.6 Å². The van der Waals surface area contributed by atoms with Crippen molar-refractivity contribution in [3.63, 3.8) is 0 Å². The van der Waals surface area contributed by atoms with Crippen molar-refractivity contribution in [2.45, 2.75) is 38.8 Å². The van der Waals surface area contributed by atoms with Crippen LogP contribution in [0, 0.1) is 0 Å². The van der Waals surface area contributed by atoms with Crippen LogP contribution < -0.4 is 5.32 Å². The molecule has 1 aromatic rings. The third kappa shape index (κ3) is 3.43. The minimum Gasteiger partial charge on any atom is -0.388 e. The molecule has 0 spiro atoms. The Bertz CT molecular complexity index is 470. The number of rotatable bonds is 3. The fraction of sp³-hybridized carbons (Fsp3) is 0.500. The molecular weight excluding hydrogens is 320 g/mol. The maximum Gasteiger partial charge on any atom is 0.254 e. The average Bonchev–Trinajstić information content (AvgIpc) is 2.19. The van der Waals surface area contributed by atoms with Gasteiger partial charge in [0, 0.05) is 10.7 Å². The summed E-state index contributed by atoms with van der Waals surface area (Å²) in [6.45, 7) is 6.75. The van der Waals surface area contributed by atoms with Crippen LogP contribution in [0.1, 0.15) is 38.1 Å². The first-order valence-electron chi connectivity index (χ1n) is 5.40. The van der Waals surface area contributed by atoms with E-state index in [4.69, 9.17) is 11.6 Å². The van der Waals surface area contributed by atoms with E-state index in [2.05, 4.69) is 26.2 Å². The monoisotopic (exact) mass is 334 g/mol. The Morgan fingerprint density at radius 2 is 2.00 bits per heavy atom. The van der Waals surface area contributed by atoms with E-state index in [0.717, 1.165) is 0 Å². The molecule has 100 valence electrons. The van der Waals surface area contributed by atoms with Gasteiger partial charge in [0.25, 0.3) is 5.91 Å². The van der Waals surface area contributed by atoms with E-state index in [1.54, 1.807) is 33.8 Å². The highest BCUT2D eigenvalue weighted by Crippen LogP contribution is 2.23. The summed E-state index contributed by atoms with van der Waals surface area (Å²) in [7, 11) is 0. The fourth-order valence-corrected chi connectivity index (χ4v) is 1.61. The van der Waals surface area contributed by atoms with Gasteiger partial charge in [-0.3, -0.25) is 4.79 Å². The van der Waals surface area contributed by atoms with E-state index >= 15 is 0 Å². The van der Waals surface area contributed by atoms with Crippen LogP contribution in [0.5, 0.6) is 0 Å². The SMILES string of the molecule is CC(C)(O)C(C)(C)NC(=O)c1cc(Br)cnc1Cl. The lowest BCUT2D eigenvalue weighted by Crippen LogP contribution is -2.57. The number of nitrogens with one attached hydrogen (secondary N) is 1. The fourth-order valence-electron chi connectivity index (χ4n) is 1.09. The second-order valence-electron chi connectivity index (χ2n) is 5.13. The zero-order valence-electron chi connectivity index (χ0n) is 10.7. The van der Waals surface area contributed by atoms with Crippen molar-refractivity contribution in [2.75, 3.05) is 0 Å². The van der Waals surface area contributed by atoms with Gasteiger partial charge in [0.1, 0.15) is 5.15 Å². The smallest absolute Gasteiger partial charge is 0.254 e. The van der Waals surface area contributed by atoms with Gasteiger partial charge >= 0.3 is 0 Å². The number of aliphatic hydroxyl groups is 1. The summed E-state index contributed by atoms with van der Waals surface area (Å²) < 4.78 is 0.665. The summed E-state index contributed by atoms with van der Waals surface area (Å²) in [5.74, 6) is -0.374. The topological polar surface area (TPSA) is 62.2 Å². The summed E-state index contributed by atoms with van der Waals surface area (Å²) in [6, 6.07) is 1.59. The van der Waals surface area contributed by atoms with Gasteiger partial charge in [-0.25, -0.2) is 4.98 Å². The van der Waals surface area contributed by atoms with Crippen molar-refractivity contribution < 1.29 is 9.90 Å². The molecule has 1 aromatic heterocycles. The first-order chi connectivity index (χ1) is 8.04. The van der Waals surface area contributed by atoms with Crippen molar-refractivity contribution in [3.05, 3.63) is 27.5 Å². The summed E-state index contributed by atoms with van der Waals surface area (Å²) >= 11 is 9.11. The minimum atomic E-state index is -1.06. The number of hydrogen-bond donors (Lipinski definition) is 2. The molecule has 18 heavy (non-hydrogen) atoms. The number of aromatic nitrogens is 1. The highest BCUT2D eigenvalue weighted by atomic mass is 79.9. The standard InChI is InChI=1S/C12H16BrClN2O2/c1-11(2,12(3,4)18)16-10(17)8-5-7(13)6-15-9(8)14/h5-6,18H,1-4H3,(H,16,17). The normalized spacial score (nSPS) is 12.4. The van der Waals surface area contributed by atoms with Crippen LogP contribution in [0.4, 0.5) is 0 Å². The number of nitrogens with zero attached hydrogens (tertiary/aromatic N) is 1. The third-order valence-corrected chi connectivity index (χ3v) is 3.74. The lowest BCUT2D eigenvalue weighted by molar-refractivity contribution is -0.00293. The van der Waals surface area contributed by atoms with Crippen molar-refractivity contribution in [3.8, 4) is 0 Å². The molecule has 0 radical (unpaired) electrons. The van der Waals surface area contributed by atoms with Crippen LogP contribution in [0.3, 0.4) is 0 Å². The molecule has 1 rings (SSSR count). The van der Waals surface area contributed by atoms with Crippen LogP contribution in [-0.4, -0.2) is 27.1 Å². The predicted molar refractivity (Wildman–Crippen MR) is 74.8 cm³/mol. The molecule has 0 unspecified atom stereocenters. The molecule has 0 fully saturated rings. The molecule has 1 amide bonds. The number of pyridine rings is 1. The first kappa shape index (κ1) is 15.4. The number of halogens is 2. The summed E-state index contributed by atoms with van der Waals surface area (Å²) in [4.78, 5) is 16.0. The van der Waals surface area contributed by atoms with Crippen LogP contribution in [0.25, 0.3) is 0 Å². The molecule has 6 heteroatoms. The van der Waals surface area contributed by atoms with Crippen molar-refractivity contribution in [1.82, 2.24) is 10.3 Å². The second-order valence-corrected chi connectivity index (χ2v) is 6.40. The molecule has 0 aliphatic heterocycles. The lowest BCUT2D eigenvalue weighted by atomic mass is 9.86. The van der Waals surface area contributed by atoms with E-state index in [9.17, 15) is 9.90 Å². The van der Waals surface area contributed by atoms with Gasteiger partial charge in [-0.2, -0.15) is 0 Å². The molecule has 2 N–H and O–H groups in total. The maximum atomic E-state index is 12.1. The number of hydrogen-bond acceptors (Lipinski definition) is 3. The lowest BCUT2D eigenvalue weighted by Gasteiger charge is -2.38. The highest BCUT2D eigenvalue weighted by molar-refractivity contribution is 9.10. The average molecular weight is 336 g/mol. The number of carbonyl (C=O) groups is 1. The van der Waals surface area contributed by atoms with E-state index in [0.29, 0.717) is 4.47 Å². The molecule has 4 nitrogen and oxygen atoms in total. The van der Waals surface area contributed by atoms with Crippen molar-refractivity contribution in [1.29, 1.82) is 0 Å². The van der Waals surface area contributed by atoms with Crippen LogP contribution >= 0.6 is 27.5 Å². The van der Waals surface area contributed by atoms with Gasteiger partial charge in [0.15, 0.2) is 0 Å². The Balaban J connectivity index is 3.00.